The van der Waals surface area contributed by atoms with Crippen LogP contribution >= 0.6 is 0 Å². The molecule has 0 atom stereocenters. The Bertz CT molecular complexity index is 1210. The van der Waals surface area contributed by atoms with Crippen LogP contribution in [0.2, 0.25) is 0 Å². The van der Waals surface area contributed by atoms with Gasteiger partial charge >= 0.3 is 5.97 Å². The molecule has 0 amide bonds. The van der Waals surface area contributed by atoms with Gasteiger partial charge in [0.15, 0.2) is 5.82 Å². The number of aromatic nitrogens is 3. The lowest BCUT2D eigenvalue weighted by molar-refractivity contribution is -0.136. The fourth-order valence-electron chi connectivity index (χ4n) is 3.19. The summed E-state index contributed by atoms with van der Waals surface area (Å²) in [5, 5.41) is 12.8. The number of carboxylic acid groups (broad SMARTS) is 1. The van der Waals surface area contributed by atoms with Crippen molar-refractivity contribution in [2.24, 2.45) is 0 Å². The third kappa shape index (κ3) is 3.75. The maximum atomic E-state index is 14.5. The number of halogens is 1. The second-order valence-electron chi connectivity index (χ2n) is 6.50. The van der Waals surface area contributed by atoms with Crippen LogP contribution in [0.25, 0.3) is 33.4 Å². The first-order chi connectivity index (χ1) is 14.0. The number of hydrogen-bond donors (Lipinski definition) is 2. The van der Waals surface area contributed by atoms with E-state index in [1.807, 2.05) is 12.1 Å². The van der Waals surface area contributed by atoms with Gasteiger partial charge in [0.2, 0.25) is 0 Å². The number of aliphatic carboxylic acids is 1. The van der Waals surface area contributed by atoms with Gasteiger partial charge in [0.25, 0.3) is 0 Å². The van der Waals surface area contributed by atoms with Gasteiger partial charge in [-0.3, -0.25) is 9.78 Å². The molecule has 0 spiro atoms. The number of carboxylic acids is 1. The van der Waals surface area contributed by atoms with Crippen molar-refractivity contribution in [1.82, 2.24) is 15.0 Å². The third-order valence-electron chi connectivity index (χ3n) is 4.55. The Labute approximate surface area is 166 Å². The monoisotopic (exact) mass is 388 g/mol. The SMILES string of the molecule is CNc1nc(-c2cccnc2)nc2ccc(-c3cc(CC(=O)O)ccc3F)cc12. The number of benzene rings is 2. The van der Waals surface area contributed by atoms with Crippen LogP contribution in [0.1, 0.15) is 5.56 Å². The summed E-state index contributed by atoms with van der Waals surface area (Å²) < 4.78 is 14.5. The van der Waals surface area contributed by atoms with Crippen molar-refractivity contribution in [1.29, 1.82) is 0 Å². The summed E-state index contributed by atoms with van der Waals surface area (Å²) >= 11 is 0. The van der Waals surface area contributed by atoms with E-state index in [1.54, 1.807) is 43.7 Å². The van der Waals surface area contributed by atoms with Gasteiger partial charge in [-0.05, 0) is 47.5 Å². The van der Waals surface area contributed by atoms with Crippen molar-refractivity contribution < 1.29 is 14.3 Å². The molecule has 2 aromatic carbocycles. The summed E-state index contributed by atoms with van der Waals surface area (Å²) in [7, 11) is 1.76. The molecule has 0 saturated heterocycles. The van der Waals surface area contributed by atoms with Gasteiger partial charge in [-0.15, -0.1) is 0 Å². The maximum Gasteiger partial charge on any atom is 0.307 e. The molecule has 0 aliphatic heterocycles. The van der Waals surface area contributed by atoms with E-state index in [-0.39, 0.29) is 6.42 Å². The van der Waals surface area contributed by atoms with Gasteiger partial charge < -0.3 is 10.4 Å². The van der Waals surface area contributed by atoms with Crippen molar-refractivity contribution in [3.63, 3.8) is 0 Å². The van der Waals surface area contributed by atoms with Crippen molar-refractivity contribution in [3.8, 4) is 22.5 Å². The molecule has 7 heteroatoms. The van der Waals surface area contributed by atoms with Gasteiger partial charge in [-0.1, -0.05) is 12.1 Å². The first kappa shape index (κ1) is 18.5. The van der Waals surface area contributed by atoms with E-state index < -0.39 is 11.8 Å². The molecule has 4 rings (SSSR count). The molecule has 0 aliphatic carbocycles. The largest absolute Gasteiger partial charge is 0.481 e. The summed E-state index contributed by atoms with van der Waals surface area (Å²) in [6.45, 7) is 0. The molecule has 0 unspecified atom stereocenters. The van der Waals surface area contributed by atoms with Crippen LogP contribution in [0, 0.1) is 5.82 Å². The minimum atomic E-state index is -0.963. The molecule has 6 nitrogen and oxygen atoms in total. The first-order valence-electron chi connectivity index (χ1n) is 8.95. The summed E-state index contributed by atoms with van der Waals surface area (Å²) in [4.78, 5) is 24.3. The van der Waals surface area contributed by atoms with Crippen molar-refractivity contribution in [2.45, 2.75) is 6.42 Å². The van der Waals surface area contributed by atoms with Crippen LogP contribution in [0.5, 0.6) is 0 Å². The molecule has 4 aromatic rings. The number of fused-ring (bicyclic) bond motifs is 1. The van der Waals surface area contributed by atoms with Gasteiger partial charge in [0.1, 0.15) is 11.6 Å². The Morgan fingerprint density at radius 2 is 1.97 bits per heavy atom. The van der Waals surface area contributed by atoms with E-state index in [2.05, 4.69) is 20.3 Å². The molecule has 2 aromatic heterocycles. The molecule has 0 saturated carbocycles. The van der Waals surface area contributed by atoms with Gasteiger partial charge in [0.05, 0.1) is 11.9 Å². The molecule has 29 heavy (non-hydrogen) atoms. The van der Waals surface area contributed by atoms with Crippen molar-refractivity contribution in [2.75, 3.05) is 12.4 Å². The van der Waals surface area contributed by atoms with Crippen molar-refractivity contribution >= 4 is 22.7 Å². The number of nitrogens with one attached hydrogen (secondary N) is 1. The highest BCUT2D eigenvalue weighted by Crippen LogP contribution is 2.31. The number of hydrogen-bond acceptors (Lipinski definition) is 5. The van der Waals surface area contributed by atoms with Crippen LogP contribution in [-0.4, -0.2) is 33.1 Å². The number of rotatable bonds is 5. The Hall–Kier alpha value is -3.87. The average molecular weight is 388 g/mol. The van der Waals surface area contributed by atoms with E-state index >= 15 is 0 Å². The van der Waals surface area contributed by atoms with Crippen LogP contribution in [0.4, 0.5) is 10.2 Å². The maximum absolute atomic E-state index is 14.5. The fourth-order valence-corrected chi connectivity index (χ4v) is 3.19. The summed E-state index contributed by atoms with van der Waals surface area (Å²) in [6.07, 6.45) is 3.21. The average Bonchev–Trinajstić information content (AvgIpc) is 2.74. The lowest BCUT2D eigenvalue weighted by Crippen LogP contribution is -2.01. The molecular weight excluding hydrogens is 371 g/mol. The Morgan fingerprint density at radius 1 is 1.10 bits per heavy atom. The normalized spacial score (nSPS) is 10.8. The number of nitrogens with zero attached hydrogens (tertiary/aromatic N) is 3. The molecule has 144 valence electrons. The second-order valence-corrected chi connectivity index (χ2v) is 6.50. The highest BCUT2D eigenvalue weighted by atomic mass is 19.1. The fraction of sp³-hybridized carbons (Fsp3) is 0.0909. The Kier molecular flexibility index (Phi) is 4.87. The minimum Gasteiger partial charge on any atom is -0.481 e. The molecule has 0 radical (unpaired) electrons. The molecule has 2 N–H and O–H groups in total. The smallest absolute Gasteiger partial charge is 0.307 e. The van der Waals surface area contributed by atoms with Crippen LogP contribution < -0.4 is 5.32 Å². The summed E-state index contributed by atoms with van der Waals surface area (Å²) in [5.74, 6) is -0.234. The zero-order valence-electron chi connectivity index (χ0n) is 15.6. The molecule has 0 aliphatic rings. The van der Waals surface area contributed by atoms with Gasteiger partial charge in [-0.25, -0.2) is 14.4 Å². The number of carbonyl (C=O) groups is 1. The van der Waals surface area contributed by atoms with Crippen LogP contribution in [0.3, 0.4) is 0 Å². The topological polar surface area (TPSA) is 88.0 Å². The zero-order valence-corrected chi connectivity index (χ0v) is 15.6. The third-order valence-corrected chi connectivity index (χ3v) is 4.55. The molecular formula is C22H17FN4O2. The lowest BCUT2D eigenvalue weighted by atomic mass is 9.99. The zero-order chi connectivity index (χ0) is 20.4. The number of anilines is 1. The standard InChI is InChI=1S/C22H17FN4O2/c1-24-22-17-11-14(16-9-13(10-20(28)29)4-6-18(16)23)5-7-19(17)26-21(27-22)15-3-2-8-25-12-15/h2-9,11-12H,10H2,1H3,(H,28,29)(H,24,26,27). The van der Waals surface area contributed by atoms with Gasteiger partial charge in [-0.2, -0.15) is 0 Å². The van der Waals surface area contributed by atoms with Crippen molar-refractivity contribution in [3.05, 3.63) is 72.3 Å². The van der Waals surface area contributed by atoms with E-state index in [0.29, 0.717) is 33.8 Å². The summed E-state index contributed by atoms with van der Waals surface area (Å²) in [6, 6.07) is 13.4. The minimum absolute atomic E-state index is 0.166. The quantitative estimate of drug-likeness (QED) is 0.534. The lowest BCUT2D eigenvalue weighted by Gasteiger charge is -2.11. The molecule has 2 heterocycles. The second kappa shape index (κ2) is 7.63. The van der Waals surface area contributed by atoms with Crippen LogP contribution in [0.15, 0.2) is 60.9 Å². The van der Waals surface area contributed by atoms with E-state index in [1.165, 1.54) is 12.1 Å². The number of pyridine rings is 1. The van der Waals surface area contributed by atoms with E-state index in [9.17, 15) is 9.18 Å². The highest BCUT2D eigenvalue weighted by Gasteiger charge is 2.13. The van der Waals surface area contributed by atoms with E-state index in [0.717, 1.165) is 10.9 Å². The predicted octanol–water partition coefficient (Wildman–Crippen LogP) is 4.17. The van der Waals surface area contributed by atoms with Gasteiger partial charge in [0, 0.05) is 36.0 Å². The predicted molar refractivity (Wildman–Crippen MR) is 109 cm³/mol. The molecule has 0 fully saturated rings. The summed E-state index contributed by atoms with van der Waals surface area (Å²) in [5.41, 5.74) is 2.99. The molecule has 0 bridgehead atoms. The Balaban J connectivity index is 1.84. The first-order valence-corrected chi connectivity index (χ1v) is 8.95. The van der Waals surface area contributed by atoms with Crippen LogP contribution in [-0.2, 0) is 11.2 Å². The highest BCUT2D eigenvalue weighted by molar-refractivity contribution is 5.94. The van der Waals surface area contributed by atoms with E-state index in [4.69, 9.17) is 5.11 Å². The Morgan fingerprint density at radius 3 is 2.69 bits per heavy atom.